The third-order valence-electron chi connectivity index (χ3n) is 3.28. The molecule has 0 spiro atoms. The maximum atomic E-state index is 11.1. The van der Waals surface area contributed by atoms with E-state index in [1.165, 1.54) is 25.7 Å². The third kappa shape index (κ3) is 1.47. The molecule has 0 aromatic heterocycles. The van der Waals surface area contributed by atoms with Crippen molar-refractivity contribution < 1.29 is 4.79 Å². The van der Waals surface area contributed by atoms with Crippen molar-refractivity contribution in [3.8, 4) is 0 Å². The number of nitrogens with zero attached hydrogens (tertiary/aromatic N) is 1. The van der Waals surface area contributed by atoms with Gasteiger partial charge in [0.2, 0.25) is 5.91 Å². The molecule has 1 aliphatic carbocycles. The van der Waals surface area contributed by atoms with Gasteiger partial charge in [0.1, 0.15) is 0 Å². The Morgan fingerprint density at radius 2 is 1.50 bits per heavy atom. The molecule has 2 bridgehead atoms. The lowest BCUT2D eigenvalue weighted by atomic mass is 9.84. The zero-order valence-corrected chi connectivity index (χ0v) is 7.46. The van der Waals surface area contributed by atoms with E-state index in [0.29, 0.717) is 0 Å². The van der Waals surface area contributed by atoms with Crippen LogP contribution in [0.3, 0.4) is 0 Å². The predicted octanol–water partition coefficient (Wildman–Crippen LogP) is 1.47. The van der Waals surface area contributed by atoms with Crippen molar-refractivity contribution in [2.75, 3.05) is 13.1 Å². The first-order valence-corrected chi connectivity index (χ1v) is 4.86. The molecule has 0 aromatic carbocycles. The van der Waals surface area contributed by atoms with Crippen molar-refractivity contribution in [2.45, 2.75) is 25.7 Å². The van der Waals surface area contributed by atoms with Gasteiger partial charge in [0.15, 0.2) is 0 Å². The zero-order valence-electron chi connectivity index (χ0n) is 7.46. The molecular formula is C10H16NO. The van der Waals surface area contributed by atoms with Crippen molar-refractivity contribution >= 4 is 5.91 Å². The molecule has 2 saturated heterocycles. The number of rotatable bonds is 0. The smallest absolute Gasteiger partial charge is 0.223 e. The van der Waals surface area contributed by atoms with Gasteiger partial charge in [-0.3, -0.25) is 4.79 Å². The van der Waals surface area contributed by atoms with Crippen LogP contribution >= 0.6 is 0 Å². The molecule has 1 radical (unpaired) electrons. The highest BCUT2D eigenvalue weighted by Crippen LogP contribution is 2.33. The first-order chi connectivity index (χ1) is 5.75. The van der Waals surface area contributed by atoms with Crippen LogP contribution in [0.15, 0.2) is 0 Å². The lowest BCUT2D eigenvalue weighted by molar-refractivity contribution is -0.126. The van der Waals surface area contributed by atoms with Crippen molar-refractivity contribution in [3.05, 3.63) is 6.92 Å². The monoisotopic (exact) mass is 166 g/mol. The summed E-state index contributed by atoms with van der Waals surface area (Å²) in [6.07, 6.45) is 5.31. The molecule has 2 aliphatic heterocycles. The Labute approximate surface area is 73.9 Å². The first kappa shape index (κ1) is 8.09. The van der Waals surface area contributed by atoms with Crippen LogP contribution in [-0.2, 0) is 4.79 Å². The largest absolute Gasteiger partial charge is 0.342 e. The summed E-state index contributed by atoms with van der Waals surface area (Å²) >= 11 is 0. The molecule has 2 nitrogen and oxygen atoms in total. The molecular weight excluding hydrogens is 150 g/mol. The number of carbonyl (C=O) groups is 1. The molecule has 0 unspecified atom stereocenters. The molecule has 0 atom stereocenters. The molecule has 67 valence electrons. The number of hydrogen-bond donors (Lipinski definition) is 0. The Morgan fingerprint density at radius 3 is 1.83 bits per heavy atom. The molecule has 12 heavy (non-hydrogen) atoms. The lowest BCUT2D eigenvalue weighted by Crippen LogP contribution is -2.32. The maximum Gasteiger partial charge on any atom is 0.223 e. The van der Waals surface area contributed by atoms with Gasteiger partial charge in [-0.25, -0.2) is 0 Å². The highest BCUT2D eigenvalue weighted by atomic mass is 16.2. The van der Waals surface area contributed by atoms with E-state index in [4.69, 9.17) is 0 Å². The van der Waals surface area contributed by atoms with Crippen molar-refractivity contribution in [1.82, 2.24) is 4.90 Å². The standard InChI is InChI=1S/C10H16NO/c1-8(12)11-6-9-2-3-10(7-11)5-4-9/h9-10H,1-7H2. The Hall–Kier alpha value is -0.530. The minimum Gasteiger partial charge on any atom is -0.342 e. The molecule has 3 fully saturated rings. The summed E-state index contributed by atoms with van der Waals surface area (Å²) in [4.78, 5) is 13.0. The second-order valence-electron chi connectivity index (χ2n) is 4.19. The van der Waals surface area contributed by atoms with Gasteiger partial charge in [-0.1, -0.05) is 0 Å². The summed E-state index contributed by atoms with van der Waals surface area (Å²) in [6, 6.07) is 0. The second-order valence-corrected chi connectivity index (χ2v) is 4.19. The number of hydrogen-bond acceptors (Lipinski definition) is 1. The molecule has 2 heterocycles. The Kier molecular flexibility index (Phi) is 2.07. The van der Waals surface area contributed by atoms with Crippen LogP contribution in [0.25, 0.3) is 0 Å². The number of fused-ring (bicyclic) bond motifs is 4. The Bertz CT molecular complexity index is 168. The van der Waals surface area contributed by atoms with Gasteiger partial charge < -0.3 is 4.90 Å². The van der Waals surface area contributed by atoms with Gasteiger partial charge in [-0.05, 0) is 37.5 Å². The number of amides is 1. The summed E-state index contributed by atoms with van der Waals surface area (Å²) in [5.74, 6) is 1.57. The van der Waals surface area contributed by atoms with E-state index in [9.17, 15) is 4.79 Å². The molecule has 2 heteroatoms. The van der Waals surface area contributed by atoms with Crippen LogP contribution in [0.4, 0.5) is 0 Å². The molecule has 0 N–H and O–H groups in total. The second kappa shape index (κ2) is 3.08. The summed E-state index contributed by atoms with van der Waals surface area (Å²) in [5.41, 5.74) is 0. The topological polar surface area (TPSA) is 20.3 Å². The van der Waals surface area contributed by atoms with Crippen LogP contribution in [0.2, 0.25) is 0 Å². The zero-order chi connectivity index (χ0) is 8.55. The summed E-state index contributed by atoms with van der Waals surface area (Å²) < 4.78 is 0. The van der Waals surface area contributed by atoms with Crippen LogP contribution in [0.1, 0.15) is 25.7 Å². The Morgan fingerprint density at radius 1 is 1.08 bits per heavy atom. The highest BCUT2D eigenvalue weighted by molar-refractivity contribution is 5.80. The van der Waals surface area contributed by atoms with Crippen LogP contribution in [0.5, 0.6) is 0 Å². The summed E-state index contributed by atoms with van der Waals surface area (Å²) in [6.45, 7) is 5.43. The molecule has 0 aromatic rings. The molecule has 1 saturated carbocycles. The average Bonchev–Trinajstić information content (AvgIpc) is 2.36. The molecule has 3 rings (SSSR count). The van der Waals surface area contributed by atoms with E-state index in [0.717, 1.165) is 24.9 Å². The number of carbonyl (C=O) groups excluding carboxylic acids is 1. The van der Waals surface area contributed by atoms with E-state index in [-0.39, 0.29) is 5.91 Å². The van der Waals surface area contributed by atoms with Crippen molar-refractivity contribution in [3.63, 3.8) is 0 Å². The maximum absolute atomic E-state index is 11.1. The van der Waals surface area contributed by atoms with Crippen molar-refractivity contribution in [2.24, 2.45) is 11.8 Å². The first-order valence-electron chi connectivity index (χ1n) is 4.86. The van der Waals surface area contributed by atoms with Gasteiger partial charge in [-0.15, -0.1) is 0 Å². The lowest BCUT2D eigenvalue weighted by Gasteiger charge is -2.20. The Balaban J connectivity index is 2.06. The van der Waals surface area contributed by atoms with Crippen molar-refractivity contribution in [1.29, 1.82) is 0 Å². The minimum atomic E-state index is 0.0220. The summed E-state index contributed by atoms with van der Waals surface area (Å²) in [7, 11) is 0. The minimum absolute atomic E-state index is 0.0220. The van der Waals surface area contributed by atoms with E-state index < -0.39 is 0 Å². The van der Waals surface area contributed by atoms with Gasteiger partial charge in [0.25, 0.3) is 0 Å². The van der Waals surface area contributed by atoms with Gasteiger partial charge in [0, 0.05) is 20.0 Å². The van der Waals surface area contributed by atoms with E-state index in [1.807, 2.05) is 4.90 Å². The van der Waals surface area contributed by atoms with Gasteiger partial charge >= 0.3 is 0 Å². The fourth-order valence-corrected chi connectivity index (χ4v) is 2.50. The van der Waals surface area contributed by atoms with E-state index in [1.54, 1.807) is 0 Å². The van der Waals surface area contributed by atoms with Gasteiger partial charge in [0.05, 0.1) is 0 Å². The van der Waals surface area contributed by atoms with E-state index >= 15 is 0 Å². The summed E-state index contributed by atoms with van der Waals surface area (Å²) in [5, 5.41) is 0. The quantitative estimate of drug-likeness (QED) is 0.533. The van der Waals surface area contributed by atoms with Crippen LogP contribution < -0.4 is 0 Å². The average molecular weight is 166 g/mol. The van der Waals surface area contributed by atoms with E-state index in [2.05, 4.69) is 6.92 Å². The SMILES string of the molecule is [CH2]C(=O)N1CC2CCC(CC2)C1. The predicted molar refractivity (Wildman–Crippen MR) is 47.4 cm³/mol. The van der Waals surface area contributed by atoms with Crippen LogP contribution in [-0.4, -0.2) is 23.9 Å². The fraction of sp³-hybridized carbons (Fsp3) is 0.800. The van der Waals surface area contributed by atoms with Crippen LogP contribution in [0, 0.1) is 18.8 Å². The third-order valence-corrected chi connectivity index (χ3v) is 3.28. The van der Waals surface area contributed by atoms with Gasteiger partial charge in [-0.2, -0.15) is 0 Å². The molecule has 1 amide bonds. The highest BCUT2D eigenvalue weighted by Gasteiger charge is 2.30. The molecule has 3 aliphatic rings. The normalized spacial score (nSPS) is 34.9. The fourth-order valence-electron chi connectivity index (χ4n) is 2.50.